The second kappa shape index (κ2) is 13.3. The first-order chi connectivity index (χ1) is 20.3. The number of aldehydes is 1. The van der Waals surface area contributed by atoms with Gasteiger partial charge in [-0.25, -0.2) is 16.8 Å². The summed E-state index contributed by atoms with van der Waals surface area (Å²) in [5, 5.41) is -11.0. The van der Waals surface area contributed by atoms with E-state index < -0.39 is 52.5 Å². The summed E-state index contributed by atoms with van der Waals surface area (Å²) in [4.78, 5) is 10.7. The van der Waals surface area contributed by atoms with E-state index in [-0.39, 0.29) is 25.7 Å². The summed E-state index contributed by atoms with van der Waals surface area (Å²) in [5.74, 6) is -0.874. The molecule has 1 atom stereocenters. The molecule has 0 bridgehead atoms. The Kier molecular flexibility index (Phi) is 10.6. The van der Waals surface area contributed by atoms with Gasteiger partial charge < -0.3 is 13.7 Å². The summed E-state index contributed by atoms with van der Waals surface area (Å²) in [6.07, 6.45) is 2.73. The molecule has 0 heterocycles. The van der Waals surface area contributed by atoms with Gasteiger partial charge in [-0.3, -0.25) is 0 Å². The maximum Gasteiger partial charge on any atom is 0.459 e. The Labute approximate surface area is 251 Å². The van der Waals surface area contributed by atoms with Crippen LogP contribution in [0.15, 0.2) is 67.2 Å². The highest BCUT2D eigenvalue weighted by Crippen LogP contribution is 2.43. The van der Waals surface area contributed by atoms with E-state index in [0.717, 1.165) is 34.0 Å². The zero-order valence-corrected chi connectivity index (χ0v) is 25.4. The fourth-order valence-corrected chi connectivity index (χ4v) is 7.64. The van der Waals surface area contributed by atoms with E-state index >= 15 is 0 Å². The number of fused-ring (bicyclic) bond motifs is 1. The van der Waals surface area contributed by atoms with E-state index in [0.29, 0.717) is 22.4 Å². The quantitative estimate of drug-likeness (QED) is 0.0996. The number of rotatable bonds is 16. The molecule has 0 fully saturated rings. The summed E-state index contributed by atoms with van der Waals surface area (Å²) in [6.45, 7) is 3.90. The first-order valence-electron chi connectivity index (χ1n) is 12.6. The number of benzene rings is 3. The van der Waals surface area contributed by atoms with Crippen molar-refractivity contribution in [1.82, 2.24) is 4.13 Å². The fourth-order valence-electron chi connectivity index (χ4n) is 3.92. The number of unbranched alkanes of at least 4 members (excludes halogenated alkanes) is 1. The van der Waals surface area contributed by atoms with Gasteiger partial charge in [0, 0.05) is 19.4 Å². The SMILES string of the molecule is C=Cc1ccc2cc(CC(OCCCC=O)c3ccc(OS(=O)(=O)C(F)(F)C(F)(F)S(=O)(=O)NS(C)(=O)=O)cc3)ccc2c1. The number of nitrogens with one attached hydrogen (secondary N) is 1. The van der Waals surface area contributed by atoms with Crippen molar-refractivity contribution in [2.45, 2.75) is 35.9 Å². The molecule has 44 heavy (non-hydrogen) atoms. The lowest BCUT2D eigenvalue weighted by Crippen LogP contribution is -2.57. The topological polar surface area (TPSA) is 150 Å². The highest BCUT2D eigenvalue weighted by Gasteiger charge is 2.75. The van der Waals surface area contributed by atoms with Crippen molar-refractivity contribution in [3.8, 4) is 5.75 Å². The smallest absolute Gasteiger partial charge is 0.378 e. The molecule has 240 valence electrons. The van der Waals surface area contributed by atoms with Gasteiger partial charge in [0.15, 0.2) is 0 Å². The zero-order chi connectivity index (χ0) is 33.0. The van der Waals surface area contributed by atoms with Crippen molar-refractivity contribution in [3.63, 3.8) is 0 Å². The molecule has 3 aromatic carbocycles. The van der Waals surface area contributed by atoms with Crippen LogP contribution in [0.1, 0.15) is 35.6 Å². The summed E-state index contributed by atoms with van der Waals surface area (Å²) in [6, 6.07) is 15.6. The molecule has 0 saturated carbocycles. The van der Waals surface area contributed by atoms with E-state index in [1.54, 1.807) is 6.08 Å². The minimum absolute atomic E-state index is 0.0867. The standard InChI is InChI=1S/C27H27F4NO9S3/c1-3-19-6-8-23-17-20(7-9-22(23)16-19)18-25(40-15-5-4-14-33)21-10-12-24(13-11-21)41-44(38,39)27(30,31)26(28,29)43(36,37)32-42(2,34)35/h3,6-14,16-17,25,32H,1,4-5,15,18H2,2H3. The first kappa shape index (κ1) is 35.1. The second-order valence-corrected chi connectivity index (χ2v) is 14.8. The third-order valence-corrected chi connectivity index (χ3v) is 10.5. The molecule has 0 amide bonds. The average molecular weight is 682 g/mol. The normalized spacial score (nSPS) is 13.8. The highest BCUT2D eigenvalue weighted by atomic mass is 32.3. The van der Waals surface area contributed by atoms with Crippen molar-refractivity contribution in [2.75, 3.05) is 12.9 Å². The predicted octanol–water partition coefficient (Wildman–Crippen LogP) is 4.54. The molecule has 0 radical (unpaired) electrons. The molecule has 17 heteroatoms. The molecule has 3 aromatic rings. The van der Waals surface area contributed by atoms with E-state index in [9.17, 15) is 47.6 Å². The maximum atomic E-state index is 14.4. The van der Waals surface area contributed by atoms with Crippen LogP contribution in [0.3, 0.4) is 0 Å². The van der Waals surface area contributed by atoms with E-state index in [2.05, 4.69) is 10.8 Å². The Balaban J connectivity index is 1.86. The number of alkyl halides is 4. The van der Waals surface area contributed by atoms with E-state index in [1.807, 2.05) is 36.4 Å². The monoisotopic (exact) mass is 681 g/mol. The average Bonchev–Trinajstić information content (AvgIpc) is 2.93. The third-order valence-electron chi connectivity index (χ3n) is 6.08. The number of sulfonamides is 2. The highest BCUT2D eigenvalue weighted by molar-refractivity contribution is 8.05. The molecule has 0 aliphatic rings. The van der Waals surface area contributed by atoms with Crippen molar-refractivity contribution < 1.29 is 56.5 Å². The summed E-state index contributed by atoms with van der Waals surface area (Å²) >= 11 is 0. The van der Waals surface area contributed by atoms with Crippen molar-refractivity contribution in [1.29, 1.82) is 0 Å². The van der Waals surface area contributed by atoms with Gasteiger partial charge >= 0.3 is 20.6 Å². The van der Waals surface area contributed by atoms with Gasteiger partial charge in [-0.05, 0) is 52.1 Å². The maximum absolute atomic E-state index is 14.4. The van der Waals surface area contributed by atoms with Crippen LogP contribution in [0.4, 0.5) is 17.6 Å². The molecule has 1 N–H and O–H groups in total. The minimum Gasteiger partial charge on any atom is -0.378 e. The van der Waals surface area contributed by atoms with Gasteiger partial charge in [-0.2, -0.15) is 26.0 Å². The molecule has 0 aromatic heterocycles. The van der Waals surface area contributed by atoms with Crippen LogP contribution in [0.25, 0.3) is 16.8 Å². The number of hydrogen-bond acceptors (Lipinski definition) is 9. The van der Waals surface area contributed by atoms with Gasteiger partial charge in [-0.15, -0.1) is 4.13 Å². The first-order valence-corrected chi connectivity index (χ1v) is 17.3. The zero-order valence-electron chi connectivity index (χ0n) is 23.0. The molecule has 10 nitrogen and oxygen atoms in total. The van der Waals surface area contributed by atoms with Crippen LogP contribution in [-0.2, 0) is 46.1 Å². The van der Waals surface area contributed by atoms with Crippen LogP contribution in [0.5, 0.6) is 5.75 Å². The Morgan fingerprint density at radius 3 is 2.09 bits per heavy atom. The van der Waals surface area contributed by atoms with Gasteiger partial charge in [0.1, 0.15) is 12.0 Å². The molecule has 0 aliphatic heterocycles. The van der Waals surface area contributed by atoms with E-state index in [4.69, 9.17) is 4.74 Å². The lowest BCUT2D eigenvalue weighted by atomic mass is 9.98. The molecule has 1 unspecified atom stereocenters. The number of halogens is 4. The molecular formula is C27H27F4NO9S3. The number of carbonyl (C=O) groups excluding carboxylic acids is 1. The molecule has 0 saturated heterocycles. The van der Waals surface area contributed by atoms with Crippen LogP contribution >= 0.6 is 0 Å². The number of carbonyl (C=O) groups is 1. The van der Waals surface area contributed by atoms with Crippen molar-refractivity contribution in [2.24, 2.45) is 0 Å². The number of ether oxygens (including phenoxy) is 1. The lowest BCUT2D eigenvalue weighted by molar-refractivity contribution is -0.108. The fraction of sp³-hybridized carbons (Fsp3) is 0.296. The molecular weight excluding hydrogens is 654 g/mol. The molecule has 0 spiro atoms. The van der Waals surface area contributed by atoms with Gasteiger partial charge in [-0.1, -0.05) is 55.1 Å². The lowest BCUT2D eigenvalue weighted by Gasteiger charge is -2.25. The Morgan fingerprint density at radius 2 is 1.50 bits per heavy atom. The Hall–Kier alpha value is -3.38. The van der Waals surface area contributed by atoms with Crippen molar-refractivity contribution in [3.05, 3.63) is 83.9 Å². The predicted molar refractivity (Wildman–Crippen MR) is 155 cm³/mol. The second-order valence-electron chi connectivity index (χ2n) is 9.52. The Morgan fingerprint density at radius 1 is 0.886 bits per heavy atom. The largest absolute Gasteiger partial charge is 0.459 e. The van der Waals surface area contributed by atoms with Gasteiger partial charge in [0.05, 0.1) is 12.4 Å². The third kappa shape index (κ3) is 8.01. The van der Waals surface area contributed by atoms with Crippen LogP contribution in [-0.4, -0.2) is 54.9 Å². The number of hydrogen-bond donors (Lipinski definition) is 1. The summed E-state index contributed by atoms with van der Waals surface area (Å²) < 4.78 is 137. The summed E-state index contributed by atoms with van der Waals surface area (Å²) in [5.41, 5.74) is 2.16. The van der Waals surface area contributed by atoms with Crippen molar-refractivity contribution >= 4 is 53.3 Å². The molecule has 3 rings (SSSR count). The molecule has 0 aliphatic carbocycles. The van der Waals surface area contributed by atoms with Gasteiger partial charge in [0.25, 0.3) is 10.0 Å². The summed E-state index contributed by atoms with van der Waals surface area (Å²) in [7, 11) is -18.5. The van der Waals surface area contributed by atoms with Crippen LogP contribution in [0.2, 0.25) is 0 Å². The van der Waals surface area contributed by atoms with Crippen LogP contribution < -0.4 is 8.31 Å². The van der Waals surface area contributed by atoms with Gasteiger partial charge in [0.2, 0.25) is 10.0 Å². The minimum atomic E-state index is -6.75. The van der Waals surface area contributed by atoms with Crippen LogP contribution in [0, 0.1) is 0 Å². The van der Waals surface area contributed by atoms with E-state index in [1.165, 1.54) is 12.1 Å². The Bertz CT molecular complexity index is 1850.